The van der Waals surface area contributed by atoms with E-state index in [1.165, 1.54) is 0 Å². The molecular weight excluding hydrogens is 248 g/mol. The Labute approximate surface area is 109 Å². The third-order valence-electron chi connectivity index (χ3n) is 2.64. The fourth-order valence-electron chi connectivity index (χ4n) is 1.67. The molecule has 1 amide bonds. The highest BCUT2D eigenvalue weighted by atomic mass is 32.1. The zero-order valence-corrected chi connectivity index (χ0v) is 10.8. The van der Waals surface area contributed by atoms with Gasteiger partial charge in [0.05, 0.1) is 11.3 Å². The Morgan fingerprint density at radius 1 is 1.44 bits per heavy atom. The van der Waals surface area contributed by atoms with E-state index in [9.17, 15) is 9.90 Å². The lowest BCUT2D eigenvalue weighted by molar-refractivity contribution is 0.0782. The van der Waals surface area contributed by atoms with E-state index in [-0.39, 0.29) is 22.9 Å². The lowest BCUT2D eigenvalue weighted by atomic mass is 10.1. The molecule has 5 heteroatoms. The van der Waals surface area contributed by atoms with Crippen molar-refractivity contribution in [1.29, 1.82) is 0 Å². The van der Waals surface area contributed by atoms with Gasteiger partial charge in [-0.15, -0.1) is 0 Å². The molecule has 2 aromatic rings. The van der Waals surface area contributed by atoms with Gasteiger partial charge in [0.25, 0.3) is 5.91 Å². The third kappa shape index (κ3) is 2.46. The monoisotopic (exact) mass is 262 g/mol. The Morgan fingerprint density at radius 2 is 2.22 bits per heavy atom. The number of nitrogen functional groups attached to an aromatic ring is 1. The molecule has 4 nitrogen and oxygen atoms in total. The van der Waals surface area contributed by atoms with Crippen LogP contribution in [0.4, 0.5) is 5.69 Å². The van der Waals surface area contributed by atoms with Crippen molar-refractivity contribution < 1.29 is 9.90 Å². The summed E-state index contributed by atoms with van der Waals surface area (Å²) in [7, 11) is 1.70. The minimum Gasteiger partial charge on any atom is -0.505 e. The largest absolute Gasteiger partial charge is 0.505 e. The molecule has 0 bridgehead atoms. The van der Waals surface area contributed by atoms with Crippen LogP contribution in [0.15, 0.2) is 35.0 Å². The van der Waals surface area contributed by atoms with E-state index in [4.69, 9.17) is 5.73 Å². The number of anilines is 1. The van der Waals surface area contributed by atoms with E-state index in [2.05, 4.69) is 0 Å². The molecular formula is C13H14N2O2S. The first-order valence-corrected chi connectivity index (χ1v) is 6.38. The topological polar surface area (TPSA) is 66.6 Å². The maximum Gasteiger partial charge on any atom is 0.257 e. The van der Waals surface area contributed by atoms with Crippen LogP contribution in [0.25, 0.3) is 0 Å². The number of hydrogen-bond acceptors (Lipinski definition) is 4. The molecule has 0 saturated heterocycles. The average molecular weight is 262 g/mol. The second kappa shape index (κ2) is 5.10. The maximum absolute atomic E-state index is 12.2. The number of para-hydroxylation sites is 1. The van der Waals surface area contributed by atoms with Crippen molar-refractivity contribution in [2.24, 2.45) is 0 Å². The van der Waals surface area contributed by atoms with Crippen LogP contribution in [0.5, 0.6) is 5.75 Å². The number of hydrogen-bond donors (Lipinski definition) is 2. The first kappa shape index (κ1) is 12.4. The summed E-state index contributed by atoms with van der Waals surface area (Å²) in [5, 5.41) is 13.7. The predicted molar refractivity (Wildman–Crippen MR) is 72.6 cm³/mol. The van der Waals surface area contributed by atoms with E-state index < -0.39 is 0 Å². The highest BCUT2D eigenvalue weighted by molar-refractivity contribution is 7.07. The molecule has 0 saturated carbocycles. The Kier molecular flexibility index (Phi) is 3.53. The Morgan fingerprint density at radius 3 is 2.89 bits per heavy atom. The molecule has 1 heterocycles. The second-order valence-corrected chi connectivity index (χ2v) is 4.82. The van der Waals surface area contributed by atoms with Gasteiger partial charge in [0.2, 0.25) is 0 Å². The standard InChI is InChI=1S/C13H14N2O2S/c1-15(7-9-5-6-18-8-9)13(17)10-3-2-4-11(14)12(10)16/h2-6,8,16H,7,14H2,1H3. The molecule has 0 atom stereocenters. The minimum absolute atomic E-state index is 0.153. The molecule has 2 rings (SSSR count). The summed E-state index contributed by atoms with van der Waals surface area (Å²) in [4.78, 5) is 13.7. The second-order valence-electron chi connectivity index (χ2n) is 4.04. The molecule has 0 fully saturated rings. The molecule has 0 unspecified atom stereocenters. The minimum atomic E-state index is -0.244. The molecule has 0 spiro atoms. The number of benzene rings is 1. The number of carbonyl (C=O) groups is 1. The van der Waals surface area contributed by atoms with Crippen LogP contribution in [0.1, 0.15) is 15.9 Å². The van der Waals surface area contributed by atoms with Crippen LogP contribution in [0.2, 0.25) is 0 Å². The van der Waals surface area contributed by atoms with E-state index in [1.54, 1.807) is 41.5 Å². The molecule has 0 aliphatic heterocycles. The van der Waals surface area contributed by atoms with Crippen molar-refractivity contribution in [3.63, 3.8) is 0 Å². The maximum atomic E-state index is 12.2. The number of phenols is 1. The average Bonchev–Trinajstić information content (AvgIpc) is 2.84. The third-order valence-corrected chi connectivity index (χ3v) is 3.38. The predicted octanol–water partition coefficient (Wildman–Crippen LogP) is 2.31. The summed E-state index contributed by atoms with van der Waals surface area (Å²) in [6.45, 7) is 0.510. The summed E-state index contributed by atoms with van der Waals surface area (Å²) in [5.74, 6) is -0.398. The smallest absolute Gasteiger partial charge is 0.257 e. The Bertz CT molecular complexity index is 552. The lowest BCUT2D eigenvalue weighted by Gasteiger charge is -2.17. The molecule has 3 N–H and O–H groups in total. The van der Waals surface area contributed by atoms with Gasteiger partial charge in [-0.3, -0.25) is 4.79 Å². The SMILES string of the molecule is CN(Cc1ccsc1)C(=O)c1cccc(N)c1O. The molecule has 94 valence electrons. The molecule has 18 heavy (non-hydrogen) atoms. The van der Waals surface area contributed by atoms with Gasteiger partial charge in [0.1, 0.15) is 0 Å². The number of rotatable bonds is 3. The van der Waals surface area contributed by atoms with Gasteiger partial charge in [-0.25, -0.2) is 0 Å². The van der Waals surface area contributed by atoms with Gasteiger partial charge in [0.15, 0.2) is 5.75 Å². The van der Waals surface area contributed by atoms with Gasteiger partial charge in [-0.1, -0.05) is 6.07 Å². The van der Waals surface area contributed by atoms with E-state index in [0.717, 1.165) is 5.56 Å². The van der Waals surface area contributed by atoms with Crippen LogP contribution in [0.3, 0.4) is 0 Å². The number of carbonyl (C=O) groups excluding carboxylic acids is 1. The zero-order valence-electron chi connectivity index (χ0n) is 9.96. The first-order chi connectivity index (χ1) is 8.59. The van der Waals surface area contributed by atoms with E-state index in [0.29, 0.717) is 6.54 Å². The normalized spacial score (nSPS) is 10.3. The van der Waals surface area contributed by atoms with Gasteiger partial charge in [-0.2, -0.15) is 11.3 Å². The zero-order chi connectivity index (χ0) is 13.1. The van der Waals surface area contributed by atoms with E-state index in [1.807, 2.05) is 16.8 Å². The number of amides is 1. The van der Waals surface area contributed by atoms with Crippen molar-refractivity contribution in [2.75, 3.05) is 12.8 Å². The van der Waals surface area contributed by atoms with Crippen LogP contribution in [-0.4, -0.2) is 23.0 Å². The summed E-state index contributed by atoms with van der Waals surface area (Å²) in [6.07, 6.45) is 0. The number of phenolic OH excluding ortho intramolecular Hbond substituents is 1. The number of thiophene rings is 1. The van der Waals surface area contributed by atoms with Crippen molar-refractivity contribution in [3.8, 4) is 5.75 Å². The summed E-state index contributed by atoms with van der Waals surface area (Å²) < 4.78 is 0. The molecule has 1 aromatic heterocycles. The van der Waals surface area contributed by atoms with Crippen LogP contribution < -0.4 is 5.73 Å². The molecule has 0 aliphatic carbocycles. The van der Waals surface area contributed by atoms with Gasteiger partial charge >= 0.3 is 0 Å². The highest BCUT2D eigenvalue weighted by Crippen LogP contribution is 2.25. The van der Waals surface area contributed by atoms with Crippen molar-refractivity contribution >= 4 is 22.9 Å². The Hall–Kier alpha value is -2.01. The first-order valence-electron chi connectivity index (χ1n) is 5.43. The summed E-state index contributed by atoms with van der Waals surface area (Å²) >= 11 is 1.59. The van der Waals surface area contributed by atoms with Crippen molar-refractivity contribution in [2.45, 2.75) is 6.54 Å². The van der Waals surface area contributed by atoms with Gasteiger partial charge < -0.3 is 15.7 Å². The molecule has 0 aliphatic rings. The van der Waals surface area contributed by atoms with Crippen LogP contribution in [0, 0.1) is 0 Å². The highest BCUT2D eigenvalue weighted by Gasteiger charge is 2.17. The van der Waals surface area contributed by atoms with Crippen molar-refractivity contribution in [3.05, 3.63) is 46.2 Å². The summed E-state index contributed by atoms with van der Waals surface area (Å²) in [5.41, 5.74) is 7.09. The molecule has 0 radical (unpaired) electrons. The van der Waals surface area contributed by atoms with Gasteiger partial charge in [-0.05, 0) is 34.5 Å². The van der Waals surface area contributed by atoms with Gasteiger partial charge in [0, 0.05) is 13.6 Å². The van der Waals surface area contributed by atoms with Crippen LogP contribution >= 0.6 is 11.3 Å². The molecule has 1 aromatic carbocycles. The Balaban J connectivity index is 2.18. The fraction of sp³-hybridized carbons (Fsp3) is 0.154. The van der Waals surface area contributed by atoms with E-state index >= 15 is 0 Å². The number of nitrogens with two attached hydrogens (primary N) is 1. The van der Waals surface area contributed by atoms with Crippen LogP contribution in [-0.2, 0) is 6.54 Å². The number of aromatic hydroxyl groups is 1. The van der Waals surface area contributed by atoms with Crippen molar-refractivity contribution in [1.82, 2.24) is 4.90 Å². The quantitative estimate of drug-likeness (QED) is 0.659. The fourth-order valence-corrected chi connectivity index (χ4v) is 2.33. The lowest BCUT2D eigenvalue weighted by Crippen LogP contribution is -2.26. The summed E-state index contributed by atoms with van der Waals surface area (Å²) in [6, 6.07) is 6.75. The number of nitrogens with zero attached hydrogens (tertiary/aromatic N) is 1.